The van der Waals surface area contributed by atoms with Crippen molar-refractivity contribution in [3.63, 3.8) is 0 Å². The highest BCUT2D eigenvalue weighted by atomic mass is 16.5. The monoisotopic (exact) mass is 230 g/mol. The number of aliphatic hydroxyl groups is 1. The first kappa shape index (κ1) is 11.0. The zero-order valence-corrected chi connectivity index (χ0v) is 10.1. The summed E-state index contributed by atoms with van der Waals surface area (Å²) in [6, 6.07) is 10.4. The second-order valence-electron chi connectivity index (χ2n) is 5.33. The minimum absolute atomic E-state index is 0.229. The van der Waals surface area contributed by atoms with E-state index in [1.165, 1.54) is 11.1 Å². The van der Waals surface area contributed by atoms with Crippen LogP contribution in [0.25, 0.3) is 0 Å². The van der Waals surface area contributed by atoms with E-state index in [4.69, 9.17) is 4.74 Å². The number of aliphatic hydroxyl groups excluding tert-OH is 1. The van der Waals surface area contributed by atoms with Crippen molar-refractivity contribution < 1.29 is 9.84 Å². The molecule has 2 nitrogen and oxygen atoms in total. The number of rotatable bonds is 1. The molecular formula is C15H18O2. The molecule has 1 N–H and O–H groups in total. The third-order valence-corrected chi connectivity index (χ3v) is 3.99. The Bertz CT molecular complexity index is 437. The van der Waals surface area contributed by atoms with Crippen molar-refractivity contribution in [2.45, 2.75) is 31.5 Å². The molecule has 0 radical (unpaired) electrons. The molecule has 1 heterocycles. The van der Waals surface area contributed by atoms with Crippen LogP contribution in [0.15, 0.2) is 42.0 Å². The Morgan fingerprint density at radius 2 is 2.06 bits per heavy atom. The lowest BCUT2D eigenvalue weighted by Gasteiger charge is -2.38. The van der Waals surface area contributed by atoms with E-state index in [0.717, 1.165) is 19.4 Å². The molecule has 2 heteroatoms. The van der Waals surface area contributed by atoms with Gasteiger partial charge >= 0.3 is 0 Å². The maximum atomic E-state index is 9.67. The topological polar surface area (TPSA) is 29.5 Å². The standard InChI is InChI=1S/C15H18O2/c1-15(13-5-3-2-4-6-13)9-11-7-14(16)8-12(11)10-17-15/h2-7,12,14,16H,8-10H2,1H3/t12-,14+,15+/m0/s1. The second-order valence-corrected chi connectivity index (χ2v) is 5.33. The van der Waals surface area contributed by atoms with Gasteiger partial charge in [-0.2, -0.15) is 0 Å². The van der Waals surface area contributed by atoms with E-state index in [1.807, 2.05) is 24.3 Å². The van der Waals surface area contributed by atoms with Crippen molar-refractivity contribution in [1.29, 1.82) is 0 Å². The fourth-order valence-corrected chi connectivity index (χ4v) is 2.97. The van der Waals surface area contributed by atoms with Gasteiger partial charge in [-0.25, -0.2) is 0 Å². The molecule has 0 bridgehead atoms. The highest BCUT2D eigenvalue weighted by molar-refractivity contribution is 5.29. The second kappa shape index (κ2) is 3.97. The average molecular weight is 230 g/mol. The summed E-state index contributed by atoms with van der Waals surface area (Å²) >= 11 is 0. The molecule has 0 amide bonds. The van der Waals surface area contributed by atoms with Crippen molar-refractivity contribution in [2.75, 3.05) is 6.61 Å². The van der Waals surface area contributed by atoms with Crippen molar-refractivity contribution in [3.05, 3.63) is 47.5 Å². The highest BCUT2D eigenvalue weighted by Crippen LogP contribution is 2.43. The molecule has 3 rings (SSSR count). The SMILES string of the molecule is C[C@]1(c2ccccc2)CC2=C[C@@H](O)C[C@H]2CO1. The zero-order valence-electron chi connectivity index (χ0n) is 10.1. The first-order valence-electron chi connectivity index (χ1n) is 6.25. The molecule has 1 aliphatic carbocycles. The van der Waals surface area contributed by atoms with Crippen LogP contribution >= 0.6 is 0 Å². The molecule has 1 aliphatic heterocycles. The fourth-order valence-electron chi connectivity index (χ4n) is 2.97. The molecule has 90 valence electrons. The van der Waals surface area contributed by atoms with E-state index < -0.39 is 0 Å². The molecule has 2 aliphatic rings. The Hall–Kier alpha value is -1.12. The van der Waals surface area contributed by atoms with Gasteiger partial charge in [-0.05, 0) is 18.9 Å². The quantitative estimate of drug-likeness (QED) is 0.751. The van der Waals surface area contributed by atoms with Crippen molar-refractivity contribution in [3.8, 4) is 0 Å². The molecule has 1 saturated heterocycles. The summed E-state index contributed by atoms with van der Waals surface area (Å²) in [7, 11) is 0. The summed E-state index contributed by atoms with van der Waals surface area (Å²) in [6.45, 7) is 2.87. The molecular weight excluding hydrogens is 212 g/mol. The summed E-state index contributed by atoms with van der Waals surface area (Å²) in [5, 5.41) is 9.67. The number of ether oxygens (including phenoxy) is 1. The van der Waals surface area contributed by atoms with Gasteiger partial charge in [-0.3, -0.25) is 0 Å². The number of benzene rings is 1. The van der Waals surface area contributed by atoms with Gasteiger partial charge in [0, 0.05) is 12.3 Å². The van der Waals surface area contributed by atoms with Gasteiger partial charge in [0.15, 0.2) is 0 Å². The summed E-state index contributed by atoms with van der Waals surface area (Å²) in [6.07, 6.45) is 3.49. The summed E-state index contributed by atoms with van der Waals surface area (Å²) in [5.41, 5.74) is 2.36. The first-order valence-corrected chi connectivity index (χ1v) is 6.25. The Balaban J connectivity index is 1.88. The van der Waals surface area contributed by atoms with Gasteiger partial charge in [0.1, 0.15) is 0 Å². The van der Waals surface area contributed by atoms with Crippen LogP contribution in [0.4, 0.5) is 0 Å². The van der Waals surface area contributed by atoms with Gasteiger partial charge in [0.2, 0.25) is 0 Å². The van der Waals surface area contributed by atoms with Crippen LogP contribution in [-0.4, -0.2) is 17.8 Å². The van der Waals surface area contributed by atoms with Crippen molar-refractivity contribution >= 4 is 0 Å². The highest BCUT2D eigenvalue weighted by Gasteiger charge is 2.39. The van der Waals surface area contributed by atoms with Gasteiger partial charge < -0.3 is 9.84 Å². The average Bonchev–Trinajstić information content (AvgIpc) is 2.69. The lowest BCUT2D eigenvalue weighted by Crippen LogP contribution is -2.34. The van der Waals surface area contributed by atoms with Crippen molar-refractivity contribution in [1.82, 2.24) is 0 Å². The summed E-state index contributed by atoms with van der Waals surface area (Å²) in [4.78, 5) is 0. The molecule has 17 heavy (non-hydrogen) atoms. The van der Waals surface area contributed by atoms with Crippen LogP contribution in [0.3, 0.4) is 0 Å². The lowest BCUT2D eigenvalue weighted by molar-refractivity contribution is -0.0723. The van der Waals surface area contributed by atoms with Crippen LogP contribution in [0.5, 0.6) is 0 Å². The summed E-state index contributed by atoms with van der Waals surface area (Å²) in [5.74, 6) is 0.432. The minimum atomic E-state index is -0.267. The molecule has 1 fully saturated rings. The third-order valence-electron chi connectivity index (χ3n) is 3.99. The van der Waals surface area contributed by atoms with Crippen LogP contribution in [0.1, 0.15) is 25.3 Å². The fraction of sp³-hybridized carbons (Fsp3) is 0.467. The zero-order chi connectivity index (χ0) is 11.9. The third kappa shape index (κ3) is 1.92. The Morgan fingerprint density at radius 1 is 1.29 bits per heavy atom. The number of hydrogen-bond acceptors (Lipinski definition) is 2. The largest absolute Gasteiger partial charge is 0.389 e. The van der Waals surface area contributed by atoms with Crippen LogP contribution in [0.2, 0.25) is 0 Å². The molecule has 1 aromatic rings. The molecule has 1 aromatic carbocycles. The smallest absolute Gasteiger partial charge is 0.0940 e. The van der Waals surface area contributed by atoms with Gasteiger partial charge in [0.25, 0.3) is 0 Å². The van der Waals surface area contributed by atoms with E-state index in [2.05, 4.69) is 19.1 Å². The van der Waals surface area contributed by atoms with Gasteiger partial charge in [0.05, 0.1) is 18.3 Å². The van der Waals surface area contributed by atoms with E-state index in [0.29, 0.717) is 5.92 Å². The molecule has 0 aromatic heterocycles. The van der Waals surface area contributed by atoms with E-state index >= 15 is 0 Å². The normalized spacial score (nSPS) is 36.5. The Morgan fingerprint density at radius 3 is 2.82 bits per heavy atom. The first-order chi connectivity index (χ1) is 8.17. The summed E-state index contributed by atoms with van der Waals surface area (Å²) < 4.78 is 6.06. The van der Waals surface area contributed by atoms with E-state index in [1.54, 1.807) is 0 Å². The van der Waals surface area contributed by atoms with Crippen LogP contribution in [-0.2, 0) is 10.3 Å². The van der Waals surface area contributed by atoms with E-state index in [9.17, 15) is 5.11 Å². The lowest BCUT2D eigenvalue weighted by atomic mass is 9.82. The van der Waals surface area contributed by atoms with E-state index in [-0.39, 0.29) is 11.7 Å². The minimum Gasteiger partial charge on any atom is -0.389 e. The van der Waals surface area contributed by atoms with Crippen molar-refractivity contribution in [2.24, 2.45) is 5.92 Å². The van der Waals surface area contributed by atoms with Gasteiger partial charge in [-0.1, -0.05) is 42.0 Å². The predicted octanol–water partition coefficient (Wildman–Crippen LogP) is 2.63. The molecule has 0 unspecified atom stereocenters. The number of fused-ring (bicyclic) bond motifs is 1. The number of hydrogen-bond donors (Lipinski definition) is 1. The maximum Gasteiger partial charge on any atom is 0.0940 e. The molecule has 3 atom stereocenters. The maximum absolute atomic E-state index is 9.67. The van der Waals surface area contributed by atoms with Crippen LogP contribution in [0, 0.1) is 5.92 Å². The van der Waals surface area contributed by atoms with Gasteiger partial charge in [-0.15, -0.1) is 0 Å². The predicted molar refractivity (Wildman–Crippen MR) is 66.6 cm³/mol. The molecule has 0 spiro atoms. The van der Waals surface area contributed by atoms with Crippen LogP contribution < -0.4 is 0 Å². The molecule has 0 saturated carbocycles. The Kier molecular flexibility index (Phi) is 2.57. The Labute approximate surface area is 102 Å².